The molecule has 2 aliphatic heterocycles. The zero-order chi connectivity index (χ0) is 11.7. The lowest BCUT2D eigenvalue weighted by Crippen LogP contribution is -2.43. The first-order valence-electron chi connectivity index (χ1n) is 5.87. The Morgan fingerprint density at radius 3 is 2.88 bits per heavy atom. The second-order valence-corrected chi connectivity index (χ2v) is 4.22. The molecular formula is C12H14N4O. The molecule has 0 saturated carbocycles. The normalized spacial score (nSPS) is 19.3. The smallest absolute Gasteiger partial charge is 0.171 e. The standard InChI is InChI=1S/C12H14N4O/c17-10-3-4-14-12-9(10)1-2-11(15-12)16-7-5-13-6-8-16/h1-2,4,13H,3,5-8H2. The fraction of sp³-hybridized carbons (Fsp3) is 0.417. The SMILES string of the molecule is O=C1CC=Nc2nc(N3CCNCC3)ccc21. The summed E-state index contributed by atoms with van der Waals surface area (Å²) in [5.41, 5.74) is 0.645. The highest BCUT2D eigenvalue weighted by atomic mass is 16.1. The molecule has 0 bridgehead atoms. The van der Waals surface area contributed by atoms with E-state index in [0.29, 0.717) is 17.8 Å². The first-order chi connectivity index (χ1) is 8.34. The van der Waals surface area contributed by atoms with Crippen LogP contribution in [-0.2, 0) is 0 Å². The highest BCUT2D eigenvalue weighted by Gasteiger charge is 2.18. The van der Waals surface area contributed by atoms with Crippen LogP contribution in [0.3, 0.4) is 0 Å². The predicted molar refractivity (Wildman–Crippen MR) is 66.4 cm³/mol. The van der Waals surface area contributed by atoms with E-state index in [0.717, 1.165) is 32.0 Å². The molecule has 0 atom stereocenters. The molecule has 1 fully saturated rings. The topological polar surface area (TPSA) is 57.6 Å². The number of hydrogen-bond acceptors (Lipinski definition) is 5. The maximum absolute atomic E-state index is 11.6. The minimum absolute atomic E-state index is 0.106. The molecule has 3 heterocycles. The first-order valence-corrected chi connectivity index (χ1v) is 5.87. The molecule has 0 aromatic carbocycles. The van der Waals surface area contributed by atoms with Crippen LogP contribution in [0.5, 0.6) is 0 Å². The van der Waals surface area contributed by atoms with Gasteiger partial charge in [-0.15, -0.1) is 0 Å². The van der Waals surface area contributed by atoms with E-state index in [9.17, 15) is 4.79 Å². The maximum Gasteiger partial charge on any atom is 0.171 e. The summed E-state index contributed by atoms with van der Waals surface area (Å²) in [5.74, 6) is 1.59. The molecule has 1 aromatic rings. The summed E-state index contributed by atoms with van der Waals surface area (Å²) in [6.07, 6.45) is 2.03. The van der Waals surface area contributed by atoms with E-state index < -0.39 is 0 Å². The number of aromatic nitrogens is 1. The molecule has 0 amide bonds. The Labute approximate surface area is 99.6 Å². The zero-order valence-corrected chi connectivity index (χ0v) is 9.52. The van der Waals surface area contributed by atoms with E-state index in [1.807, 2.05) is 12.1 Å². The molecule has 1 aromatic heterocycles. The molecule has 1 N–H and O–H groups in total. The van der Waals surface area contributed by atoms with Gasteiger partial charge < -0.3 is 10.2 Å². The average molecular weight is 230 g/mol. The molecule has 3 rings (SSSR count). The molecule has 5 nitrogen and oxygen atoms in total. The molecule has 0 unspecified atom stereocenters. The number of pyridine rings is 1. The molecule has 88 valence electrons. The zero-order valence-electron chi connectivity index (χ0n) is 9.52. The lowest BCUT2D eigenvalue weighted by molar-refractivity contribution is 0.100. The van der Waals surface area contributed by atoms with Crippen molar-refractivity contribution in [2.75, 3.05) is 31.1 Å². The largest absolute Gasteiger partial charge is 0.354 e. The Bertz CT molecular complexity index is 477. The third kappa shape index (κ3) is 1.93. The number of aliphatic imine (C=N–C) groups is 1. The molecular weight excluding hydrogens is 216 g/mol. The number of anilines is 1. The number of Topliss-reactive ketones (excluding diaryl/α,β-unsaturated/α-hetero) is 1. The maximum atomic E-state index is 11.6. The monoisotopic (exact) mass is 230 g/mol. The lowest BCUT2D eigenvalue weighted by Gasteiger charge is -2.28. The number of fused-ring (bicyclic) bond motifs is 1. The minimum atomic E-state index is 0.106. The molecule has 0 aliphatic carbocycles. The van der Waals surface area contributed by atoms with E-state index in [4.69, 9.17) is 0 Å². The third-order valence-electron chi connectivity index (χ3n) is 3.09. The summed E-state index contributed by atoms with van der Waals surface area (Å²) >= 11 is 0. The minimum Gasteiger partial charge on any atom is -0.354 e. The van der Waals surface area contributed by atoms with Gasteiger partial charge in [0.05, 0.1) is 5.56 Å². The van der Waals surface area contributed by atoms with Crippen LogP contribution in [0.4, 0.5) is 11.6 Å². The van der Waals surface area contributed by atoms with Crippen molar-refractivity contribution in [3.05, 3.63) is 17.7 Å². The molecule has 17 heavy (non-hydrogen) atoms. The highest BCUT2D eigenvalue weighted by molar-refractivity contribution is 6.09. The van der Waals surface area contributed by atoms with Gasteiger partial charge in [0, 0.05) is 38.8 Å². The van der Waals surface area contributed by atoms with Crippen molar-refractivity contribution >= 4 is 23.6 Å². The third-order valence-corrected chi connectivity index (χ3v) is 3.09. The Balaban J connectivity index is 1.93. The highest BCUT2D eigenvalue weighted by Crippen LogP contribution is 2.25. The molecule has 0 radical (unpaired) electrons. The summed E-state index contributed by atoms with van der Waals surface area (Å²) in [6, 6.07) is 3.77. The van der Waals surface area contributed by atoms with Gasteiger partial charge in [-0.1, -0.05) is 0 Å². The van der Waals surface area contributed by atoms with Crippen LogP contribution in [0, 0.1) is 0 Å². The second kappa shape index (κ2) is 4.25. The van der Waals surface area contributed by atoms with Crippen LogP contribution in [0.15, 0.2) is 17.1 Å². The summed E-state index contributed by atoms with van der Waals surface area (Å²) < 4.78 is 0. The van der Waals surface area contributed by atoms with E-state index in [1.165, 1.54) is 0 Å². The predicted octanol–water partition coefficient (Wildman–Crippen LogP) is 0.780. The summed E-state index contributed by atoms with van der Waals surface area (Å²) in [7, 11) is 0. The molecule has 2 aliphatic rings. The Hall–Kier alpha value is -1.75. The van der Waals surface area contributed by atoms with Gasteiger partial charge in [-0.25, -0.2) is 9.98 Å². The van der Waals surface area contributed by atoms with E-state index in [-0.39, 0.29) is 5.78 Å². The van der Waals surface area contributed by atoms with Crippen molar-refractivity contribution in [2.45, 2.75) is 6.42 Å². The van der Waals surface area contributed by atoms with Gasteiger partial charge in [0.25, 0.3) is 0 Å². The van der Waals surface area contributed by atoms with Crippen LogP contribution < -0.4 is 10.2 Å². The van der Waals surface area contributed by atoms with Crippen LogP contribution in [0.2, 0.25) is 0 Å². The van der Waals surface area contributed by atoms with Crippen molar-refractivity contribution in [3.63, 3.8) is 0 Å². The fourth-order valence-electron chi connectivity index (χ4n) is 2.15. The van der Waals surface area contributed by atoms with Crippen molar-refractivity contribution in [1.29, 1.82) is 0 Å². The number of ketones is 1. The quantitative estimate of drug-likeness (QED) is 0.774. The van der Waals surface area contributed by atoms with Crippen molar-refractivity contribution < 1.29 is 4.79 Å². The van der Waals surface area contributed by atoms with Crippen molar-refractivity contribution in [3.8, 4) is 0 Å². The van der Waals surface area contributed by atoms with Gasteiger partial charge in [-0.05, 0) is 12.1 Å². The van der Waals surface area contributed by atoms with Crippen LogP contribution >= 0.6 is 0 Å². The lowest BCUT2D eigenvalue weighted by atomic mass is 10.1. The number of nitrogens with zero attached hydrogens (tertiary/aromatic N) is 3. The average Bonchev–Trinajstić information content (AvgIpc) is 2.40. The molecule has 5 heteroatoms. The Morgan fingerprint density at radius 2 is 2.06 bits per heavy atom. The second-order valence-electron chi connectivity index (χ2n) is 4.22. The van der Waals surface area contributed by atoms with E-state index >= 15 is 0 Å². The van der Waals surface area contributed by atoms with Crippen molar-refractivity contribution in [2.24, 2.45) is 4.99 Å². The number of carbonyl (C=O) groups is 1. The van der Waals surface area contributed by atoms with Gasteiger partial charge in [0.15, 0.2) is 11.6 Å². The summed E-state index contributed by atoms with van der Waals surface area (Å²) in [4.78, 5) is 22.5. The number of nitrogens with one attached hydrogen (secondary N) is 1. The van der Waals surface area contributed by atoms with Crippen molar-refractivity contribution in [1.82, 2.24) is 10.3 Å². The van der Waals surface area contributed by atoms with Crippen LogP contribution in [0.25, 0.3) is 0 Å². The van der Waals surface area contributed by atoms with Crippen LogP contribution in [-0.4, -0.2) is 43.2 Å². The van der Waals surface area contributed by atoms with E-state index in [1.54, 1.807) is 6.21 Å². The van der Waals surface area contributed by atoms with Crippen LogP contribution in [0.1, 0.15) is 16.8 Å². The Kier molecular flexibility index (Phi) is 2.60. The number of hydrogen-bond donors (Lipinski definition) is 1. The summed E-state index contributed by atoms with van der Waals surface area (Å²) in [6.45, 7) is 3.84. The number of carbonyl (C=O) groups excluding carboxylic acids is 1. The fourth-order valence-corrected chi connectivity index (χ4v) is 2.15. The van der Waals surface area contributed by atoms with Gasteiger partial charge in [0.1, 0.15) is 5.82 Å². The van der Waals surface area contributed by atoms with Gasteiger partial charge in [0.2, 0.25) is 0 Å². The number of rotatable bonds is 1. The first kappa shape index (κ1) is 10.4. The molecule has 0 spiro atoms. The Morgan fingerprint density at radius 1 is 1.24 bits per heavy atom. The van der Waals surface area contributed by atoms with E-state index in [2.05, 4.69) is 20.2 Å². The number of piperazine rings is 1. The van der Waals surface area contributed by atoms with Gasteiger partial charge >= 0.3 is 0 Å². The van der Waals surface area contributed by atoms with Gasteiger partial charge in [-0.3, -0.25) is 4.79 Å². The molecule has 1 saturated heterocycles. The van der Waals surface area contributed by atoms with Gasteiger partial charge in [-0.2, -0.15) is 0 Å². The summed E-state index contributed by atoms with van der Waals surface area (Å²) in [5, 5.41) is 3.30.